The van der Waals surface area contributed by atoms with E-state index in [1.165, 1.54) is 38.9 Å². The summed E-state index contributed by atoms with van der Waals surface area (Å²) in [5.41, 5.74) is 16.1. The number of rotatable bonds is 4. The molecule has 14 rings (SSSR count). The fraction of sp³-hybridized carbons (Fsp3) is 0.0172. The molecule has 64 heavy (non-hydrogen) atoms. The van der Waals surface area contributed by atoms with Gasteiger partial charge < -0.3 is 9.64 Å². The Morgan fingerprint density at radius 1 is 0.406 bits per heavy atom. The first-order chi connectivity index (χ1) is 31.8. The topological polar surface area (TPSA) is 56.1 Å². The highest BCUT2D eigenvalue weighted by molar-refractivity contribution is 6.14. The van der Waals surface area contributed by atoms with Crippen LogP contribution in [0.3, 0.4) is 0 Å². The molecule has 1 spiro atoms. The van der Waals surface area contributed by atoms with Crippen molar-refractivity contribution in [2.45, 2.75) is 5.41 Å². The van der Waals surface area contributed by atoms with Crippen molar-refractivity contribution >= 4 is 38.9 Å². The zero-order chi connectivity index (χ0) is 41.9. The van der Waals surface area contributed by atoms with Crippen molar-refractivity contribution in [2.24, 2.45) is 0 Å². The molecule has 9 aromatic carbocycles. The second-order valence-electron chi connectivity index (χ2n) is 16.7. The number of anilines is 3. The predicted octanol–water partition coefficient (Wildman–Crippen LogP) is 14.2. The predicted molar refractivity (Wildman–Crippen MR) is 256 cm³/mol. The molecule has 298 valence electrons. The molecule has 2 aromatic heterocycles. The summed E-state index contributed by atoms with van der Waals surface area (Å²) in [5.74, 6) is 3.19. The van der Waals surface area contributed by atoms with Crippen molar-refractivity contribution in [1.29, 1.82) is 0 Å². The second-order valence-corrected chi connectivity index (χ2v) is 16.7. The summed E-state index contributed by atoms with van der Waals surface area (Å²) in [7, 11) is 0. The Morgan fingerprint density at radius 3 is 1.78 bits per heavy atom. The van der Waals surface area contributed by atoms with Gasteiger partial charge in [-0.15, -0.1) is 0 Å². The number of nitrogens with zero attached hydrogens (tertiary/aromatic N) is 5. The average molecular weight is 818 g/mol. The molecule has 0 atom stereocenters. The van der Waals surface area contributed by atoms with Gasteiger partial charge in [-0.05, 0) is 87.0 Å². The standard InChI is InChI=1S/C58H35N5O/c1-3-18-36(19-4-1)55-59-56(43-26-17-30-47-52(43)42-25-9-13-29-46(42)58(47)44-27-11-7-22-38(44)39-23-8-12-28-45(39)58)61-57(60-55)63-48-31-14-10-24-40(48)41-34-35-50-54(53(41)63)64-51-33-16-15-32-49(51)62(50)37-20-5-2-6-21-37/h1-35H. The van der Waals surface area contributed by atoms with Crippen LogP contribution in [0.25, 0.3) is 72.8 Å². The van der Waals surface area contributed by atoms with Crippen LogP contribution in [0.4, 0.5) is 17.1 Å². The monoisotopic (exact) mass is 817 g/mol. The van der Waals surface area contributed by atoms with Gasteiger partial charge >= 0.3 is 0 Å². The van der Waals surface area contributed by atoms with E-state index in [2.05, 4.69) is 185 Å². The number of hydrogen-bond donors (Lipinski definition) is 0. The lowest BCUT2D eigenvalue weighted by atomic mass is 9.70. The summed E-state index contributed by atoms with van der Waals surface area (Å²) in [4.78, 5) is 18.6. The molecule has 2 aliphatic carbocycles. The first kappa shape index (κ1) is 35.0. The minimum atomic E-state index is -0.503. The second kappa shape index (κ2) is 13.2. The van der Waals surface area contributed by atoms with Gasteiger partial charge in [-0.2, -0.15) is 9.97 Å². The minimum Gasteiger partial charge on any atom is -0.451 e. The van der Waals surface area contributed by atoms with Crippen molar-refractivity contribution < 1.29 is 4.74 Å². The number of hydrogen-bond acceptors (Lipinski definition) is 5. The Labute approximate surface area is 369 Å². The smallest absolute Gasteiger partial charge is 0.238 e. The van der Waals surface area contributed by atoms with Crippen LogP contribution in [0.15, 0.2) is 212 Å². The van der Waals surface area contributed by atoms with Crippen LogP contribution in [0.5, 0.6) is 11.5 Å². The number of ether oxygens (including phenoxy) is 1. The number of fused-ring (bicyclic) bond motifs is 16. The van der Waals surface area contributed by atoms with Gasteiger partial charge in [0.1, 0.15) is 5.52 Å². The van der Waals surface area contributed by atoms with E-state index in [1.54, 1.807) is 0 Å². The molecule has 0 saturated heterocycles. The van der Waals surface area contributed by atoms with Gasteiger partial charge in [-0.3, -0.25) is 4.57 Å². The van der Waals surface area contributed by atoms with E-state index in [1.807, 2.05) is 36.4 Å². The molecule has 0 radical (unpaired) electrons. The highest BCUT2D eigenvalue weighted by Gasteiger charge is 2.52. The maximum Gasteiger partial charge on any atom is 0.238 e. The van der Waals surface area contributed by atoms with Crippen molar-refractivity contribution in [1.82, 2.24) is 19.5 Å². The molecular formula is C58H35N5O. The molecular weight excluding hydrogens is 783 g/mol. The van der Waals surface area contributed by atoms with Gasteiger partial charge in [0.05, 0.1) is 22.3 Å². The molecule has 11 aromatic rings. The van der Waals surface area contributed by atoms with E-state index in [4.69, 9.17) is 19.7 Å². The minimum absolute atomic E-state index is 0.503. The average Bonchev–Trinajstić information content (AvgIpc) is 3.98. The summed E-state index contributed by atoms with van der Waals surface area (Å²) in [6, 6.07) is 75.2. The molecule has 0 unspecified atom stereocenters. The van der Waals surface area contributed by atoms with Gasteiger partial charge in [0.15, 0.2) is 23.1 Å². The van der Waals surface area contributed by atoms with E-state index in [9.17, 15) is 0 Å². The molecule has 0 bridgehead atoms. The summed E-state index contributed by atoms with van der Waals surface area (Å²) in [6.07, 6.45) is 0. The fourth-order valence-corrected chi connectivity index (χ4v) is 11.0. The van der Waals surface area contributed by atoms with Crippen LogP contribution in [0.1, 0.15) is 22.3 Å². The maximum atomic E-state index is 7.04. The molecule has 0 N–H and O–H groups in total. The van der Waals surface area contributed by atoms with Gasteiger partial charge in [-0.25, -0.2) is 4.98 Å². The van der Waals surface area contributed by atoms with E-state index < -0.39 is 5.41 Å². The quantitative estimate of drug-likeness (QED) is 0.177. The van der Waals surface area contributed by atoms with Gasteiger partial charge in [0.25, 0.3) is 0 Å². The largest absolute Gasteiger partial charge is 0.451 e. The third-order valence-electron chi connectivity index (χ3n) is 13.5. The third kappa shape index (κ3) is 4.66. The Bertz CT molecular complexity index is 3680. The third-order valence-corrected chi connectivity index (χ3v) is 13.5. The van der Waals surface area contributed by atoms with Gasteiger partial charge in [0.2, 0.25) is 5.95 Å². The van der Waals surface area contributed by atoms with Gasteiger partial charge in [0, 0.05) is 27.6 Å². The van der Waals surface area contributed by atoms with Crippen molar-refractivity contribution in [3.63, 3.8) is 0 Å². The van der Waals surface area contributed by atoms with Crippen molar-refractivity contribution in [3.8, 4) is 62.5 Å². The normalized spacial score (nSPS) is 13.5. The molecule has 3 heterocycles. The van der Waals surface area contributed by atoms with Crippen molar-refractivity contribution in [3.05, 3.63) is 235 Å². The Hall–Kier alpha value is -8.61. The molecule has 1 aliphatic heterocycles. The van der Waals surface area contributed by atoms with E-state index in [-0.39, 0.29) is 0 Å². The van der Waals surface area contributed by atoms with E-state index >= 15 is 0 Å². The first-order valence-electron chi connectivity index (χ1n) is 21.7. The first-order valence-corrected chi connectivity index (χ1v) is 21.7. The maximum absolute atomic E-state index is 7.04. The number of aromatic nitrogens is 4. The highest BCUT2D eigenvalue weighted by atomic mass is 16.5. The lowest BCUT2D eigenvalue weighted by Crippen LogP contribution is -2.25. The van der Waals surface area contributed by atoms with Crippen molar-refractivity contribution in [2.75, 3.05) is 4.90 Å². The molecule has 6 heteroatoms. The van der Waals surface area contributed by atoms with Crippen LogP contribution in [0, 0.1) is 0 Å². The zero-order valence-electron chi connectivity index (χ0n) is 34.4. The Balaban J connectivity index is 1.07. The number of para-hydroxylation sites is 4. The Kier molecular flexibility index (Phi) is 7.22. The Morgan fingerprint density at radius 2 is 1.00 bits per heavy atom. The summed E-state index contributed by atoms with van der Waals surface area (Å²) in [5, 5.41) is 2.12. The fourth-order valence-electron chi connectivity index (χ4n) is 11.0. The van der Waals surface area contributed by atoms with Crippen LogP contribution in [-0.4, -0.2) is 19.5 Å². The highest BCUT2D eigenvalue weighted by Crippen LogP contribution is 2.64. The van der Waals surface area contributed by atoms with Crippen LogP contribution in [0.2, 0.25) is 0 Å². The lowest BCUT2D eigenvalue weighted by molar-refractivity contribution is 0.481. The molecule has 6 nitrogen and oxygen atoms in total. The van der Waals surface area contributed by atoms with Crippen LogP contribution in [-0.2, 0) is 5.41 Å². The van der Waals surface area contributed by atoms with E-state index in [0.29, 0.717) is 17.6 Å². The summed E-state index contributed by atoms with van der Waals surface area (Å²) in [6.45, 7) is 0. The summed E-state index contributed by atoms with van der Waals surface area (Å²) < 4.78 is 9.22. The summed E-state index contributed by atoms with van der Waals surface area (Å²) >= 11 is 0. The zero-order valence-corrected chi connectivity index (χ0v) is 34.4. The van der Waals surface area contributed by atoms with Crippen LogP contribution >= 0.6 is 0 Å². The molecule has 0 saturated carbocycles. The molecule has 3 aliphatic rings. The molecule has 0 amide bonds. The SMILES string of the molecule is c1ccc(-c2nc(-c3cccc4c3-c3ccccc3C43c4ccccc4-c4ccccc43)nc(-n3c4ccccc4c4ccc5c(c43)Oc3ccccc3N5c3ccccc3)n2)cc1. The van der Waals surface area contributed by atoms with Crippen LogP contribution < -0.4 is 9.64 Å². The van der Waals surface area contributed by atoms with E-state index in [0.717, 1.165) is 67.1 Å². The lowest BCUT2D eigenvalue weighted by Gasteiger charge is -2.33. The van der Waals surface area contributed by atoms with Gasteiger partial charge in [-0.1, -0.05) is 170 Å². The molecule has 0 fully saturated rings. The number of benzene rings is 9.